The third-order valence-corrected chi connectivity index (χ3v) is 2.60. The summed E-state index contributed by atoms with van der Waals surface area (Å²) >= 11 is 0. The average Bonchev–Trinajstić information content (AvgIpc) is 2.18. The number of nitrogens with zero attached hydrogens (tertiary/aromatic N) is 1. The van der Waals surface area contributed by atoms with Crippen LogP contribution < -0.4 is 0 Å². The fourth-order valence-corrected chi connectivity index (χ4v) is 1.76. The predicted molar refractivity (Wildman–Crippen MR) is 53.4 cm³/mol. The average molecular weight is 174 g/mol. The van der Waals surface area contributed by atoms with Crippen molar-refractivity contribution in [3.8, 4) is 0 Å². The summed E-state index contributed by atoms with van der Waals surface area (Å²) in [5.41, 5.74) is 4.22. The first-order chi connectivity index (χ1) is 6.31. The number of pyridine rings is 1. The third-order valence-electron chi connectivity index (χ3n) is 2.60. The van der Waals surface area contributed by atoms with E-state index in [4.69, 9.17) is 5.41 Å². The Morgan fingerprint density at radius 1 is 1.46 bits per heavy atom. The van der Waals surface area contributed by atoms with Gasteiger partial charge in [0.1, 0.15) is 0 Å². The van der Waals surface area contributed by atoms with E-state index in [0.717, 1.165) is 42.7 Å². The highest BCUT2D eigenvalue weighted by Crippen LogP contribution is 2.20. The summed E-state index contributed by atoms with van der Waals surface area (Å²) < 4.78 is 0. The summed E-state index contributed by atoms with van der Waals surface area (Å²) in [7, 11) is 0. The van der Waals surface area contributed by atoms with Gasteiger partial charge >= 0.3 is 0 Å². The van der Waals surface area contributed by atoms with E-state index < -0.39 is 0 Å². The molecule has 1 aromatic heterocycles. The quantitative estimate of drug-likeness (QED) is 0.697. The molecule has 0 spiro atoms. The Labute approximate surface area is 78.5 Å². The molecule has 0 unspecified atom stereocenters. The zero-order valence-electron chi connectivity index (χ0n) is 7.93. The molecule has 0 fully saturated rings. The van der Waals surface area contributed by atoms with Crippen molar-refractivity contribution >= 4 is 5.71 Å². The van der Waals surface area contributed by atoms with Crippen molar-refractivity contribution in [2.24, 2.45) is 0 Å². The Morgan fingerprint density at radius 3 is 3.08 bits per heavy atom. The monoisotopic (exact) mass is 174 g/mol. The van der Waals surface area contributed by atoms with Crippen molar-refractivity contribution in [3.05, 3.63) is 29.1 Å². The molecule has 1 aliphatic rings. The largest absolute Gasteiger partial charge is 0.305 e. The van der Waals surface area contributed by atoms with Gasteiger partial charge in [-0.3, -0.25) is 4.98 Å². The van der Waals surface area contributed by atoms with E-state index in [1.54, 1.807) is 0 Å². The molecule has 0 saturated heterocycles. The third kappa shape index (κ3) is 1.48. The van der Waals surface area contributed by atoms with Crippen LogP contribution in [-0.2, 0) is 12.8 Å². The van der Waals surface area contributed by atoms with Crippen LogP contribution in [0.4, 0.5) is 0 Å². The van der Waals surface area contributed by atoms with Crippen LogP contribution in [0.5, 0.6) is 0 Å². The SMILES string of the molecule is CCc1cnc2c(c1)C(=N)CCC2. The van der Waals surface area contributed by atoms with Gasteiger partial charge in [-0.2, -0.15) is 0 Å². The Bertz CT molecular complexity index is 342. The van der Waals surface area contributed by atoms with Crippen LogP contribution >= 0.6 is 0 Å². The fourth-order valence-electron chi connectivity index (χ4n) is 1.76. The number of aromatic nitrogens is 1. The maximum Gasteiger partial charge on any atom is 0.0494 e. The first-order valence-corrected chi connectivity index (χ1v) is 4.87. The van der Waals surface area contributed by atoms with Gasteiger partial charge in [0.05, 0.1) is 0 Å². The highest BCUT2D eigenvalue weighted by atomic mass is 14.7. The van der Waals surface area contributed by atoms with Gasteiger partial charge < -0.3 is 5.41 Å². The molecule has 0 radical (unpaired) electrons. The Kier molecular flexibility index (Phi) is 2.13. The molecule has 1 aromatic rings. The van der Waals surface area contributed by atoms with Gasteiger partial charge in [0.25, 0.3) is 0 Å². The second kappa shape index (κ2) is 3.29. The van der Waals surface area contributed by atoms with Crippen LogP contribution in [0.1, 0.15) is 36.6 Å². The van der Waals surface area contributed by atoms with Crippen molar-refractivity contribution < 1.29 is 0 Å². The van der Waals surface area contributed by atoms with E-state index in [0.29, 0.717) is 0 Å². The van der Waals surface area contributed by atoms with Crippen LogP contribution in [0, 0.1) is 5.41 Å². The molecule has 0 bridgehead atoms. The number of rotatable bonds is 1. The molecule has 2 nitrogen and oxygen atoms in total. The number of hydrogen-bond acceptors (Lipinski definition) is 2. The maximum absolute atomic E-state index is 7.80. The second-order valence-electron chi connectivity index (χ2n) is 3.52. The summed E-state index contributed by atoms with van der Waals surface area (Å²) in [6.07, 6.45) is 6.00. The molecule has 2 heteroatoms. The number of fused-ring (bicyclic) bond motifs is 1. The molecular weight excluding hydrogens is 160 g/mol. The zero-order chi connectivity index (χ0) is 9.26. The van der Waals surface area contributed by atoms with E-state index in [2.05, 4.69) is 18.0 Å². The highest BCUT2D eigenvalue weighted by molar-refractivity contribution is 6.00. The number of hydrogen-bond donors (Lipinski definition) is 1. The minimum atomic E-state index is 0.768. The topological polar surface area (TPSA) is 36.7 Å². The Morgan fingerprint density at radius 2 is 2.31 bits per heavy atom. The lowest BCUT2D eigenvalue weighted by atomic mass is 9.93. The smallest absolute Gasteiger partial charge is 0.0494 e. The van der Waals surface area contributed by atoms with E-state index >= 15 is 0 Å². The van der Waals surface area contributed by atoms with Crippen molar-refractivity contribution in [1.29, 1.82) is 5.41 Å². The van der Waals surface area contributed by atoms with Crippen LogP contribution in [-0.4, -0.2) is 10.7 Å². The van der Waals surface area contributed by atoms with Gasteiger partial charge in [-0.1, -0.05) is 6.92 Å². The molecule has 0 aromatic carbocycles. The van der Waals surface area contributed by atoms with Gasteiger partial charge in [0.2, 0.25) is 0 Å². The molecule has 0 atom stereocenters. The maximum atomic E-state index is 7.80. The number of aryl methyl sites for hydroxylation is 2. The Balaban J connectivity index is 2.47. The normalized spacial score (nSPS) is 15.6. The minimum Gasteiger partial charge on any atom is -0.305 e. The molecular formula is C11H14N2. The second-order valence-corrected chi connectivity index (χ2v) is 3.52. The predicted octanol–water partition coefficient (Wildman–Crippen LogP) is 2.35. The molecule has 0 saturated carbocycles. The first-order valence-electron chi connectivity index (χ1n) is 4.87. The van der Waals surface area contributed by atoms with E-state index in [1.165, 1.54) is 5.56 Å². The minimum absolute atomic E-state index is 0.768. The highest BCUT2D eigenvalue weighted by Gasteiger charge is 2.14. The summed E-state index contributed by atoms with van der Waals surface area (Å²) in [6, 6.07) is 2.13. The number of nitrogens with one attached hydrogen (secondary N) is 1. The van der Waals surface area contributed by atoms with Crippen LogP contribution in [0.15, 0.2) is 12.3 Å². The molecule has 13 heavy (non-hydrogen) atoms. The van der Waals surface area contributed by atoms with Crippen molar-refractivity contribution in [3.63, 3.8) is 0 Å². The molecule has 68 valence electrons. The molecule has 0 aliphatic heterocycles. The van der Waals surface area contributed by atoms with E-state index in [9.17, 15) is 0 Å². The summed E-state index contributed by atoms with van der Waals surface area (Å²) in [5, 5.41) is 7.80. The fraction of sp³-hybridized carbons (Fsp3) is 0.455. The molecule has 0 amide bonds. The van der Waals surface area contributed by atoms with Crippen molar-refractivity contribution in [2.45, 2.75) is 32.6 Å². The van der Waals surface area contributed by atoms with Gasteiger partial charge in [0.15, 0.2) is 0 Å². The molecule has 1 heterocycles. The van der Waals surface area contributed by atoms with Gasteiger partial charge in [0, 0.05) is 23.2 Å². The molecule has 1 N–H and O–H groups in total. The molecule has 1 aliphatic carbocycles. The van der Waals surface area contributed by atoms with Gasteiger partial charge in [-0.05, 0) is 37.3 Å². The first kappa shape index (κ1) is 8.42. The van der Waals surface area contributed by atoms with E-state index in [1.807, 2.05) is 6.20 Å². The standard InChI is InChI=1S/C11H14N2/c1-2-8-6-9-10(12)4-3-5-11(9)13-7-8/h6-7,12H,2-5H2,1H3. The van der Waals surface area contributed by atoms with Gasteiger partial charge in [-0.25, -0.2) is 0 Å². The van der Waals surface area contributed by atoms with Crippen molar-refractivity contribution in [2.75, 3.05) is 0 Å². The van der Waals surface area contributed by atoms with Crippen LogP contribution in [0.2, 0.25) is 0 Å². The summed E-state index contributed by atoms with van der Waals surface area (Å²) in [4.78, 5) is 4.40. The molecule has 2 rings (SSSR count). The van der Waals surface area contributed by atoms with Crippen molar-refractivity contribution in [1.82, 2.24) is 4.98 Å². The lowest BCUT2D eigenvalue weighted by Crippen LogP contribution is -2.12. The summed E-state index contributed by atoms with van der Waals surface area (Å²) in [6.45, 7) is 2.12. The van der Waals surface area contributed by atoms with Crippen LogP contribution in [0.25, 0.3) is 0 Å². The Hall–Kier alpha value is -1.18. The summed E-state index contributed by atoms with van der Waals surface area (Å²) in [5.74, 6) is 0. The van der Waals surface area contributed by atoms with Crippen LogP contribution in [0.3, 0.4) is 0 Å². The van der Waals surface area contributed by atoms with E-state index in [-0.39, 0.29) is 0 Å². The lowest BCUT2D eigenvalue weighted by Gasteiger charge is -2.16. The van der Waals surface area contributed by atoms with Gasteiger partial charge in [-0.15, -0.1) is 0 Å². The lowest BCUT2D eigenvalue weighted by molar-refractivity contribution is 0.802. The zero-order valence-corrected chi connectivity index (χ0v) is 7.93.